The average molecular weight is 988 g/mol. The van der Waals surface area contributed by atoms with E-state index in [1.165, 1.54) is 0 Å². The second-order valence-electron chi connectivity index (χ2n) is 19.4. The summed E-state index contributed by atoms with van der Waals surface area (Å²) in [5.74, 6) is 0. The first-order valence-electron chi connectivity index (χ1n) is 21.1. The first kappa shape index (κ1) is 60.8. The van der Waals surface area contributed by atoms with E-state index in [0.29, 0.717) is 39.6 Å². The molecule has 57 heavy (non-hydrogen) atoms. The first-order chi connectivity index (χ1) is 25.0. The van der Waals surface area contributed by atoms with Crippen LogP contribution in [0.3, 0.4) is 0 Å². The van der Waals surface area contributed by atoms with Gasteiger partial charge in [-0.15, -0.1) is 0 Å². The summed E-state index contributed by atoms with van der Waals surface area (Å²) < 4.78 is 80.5. The number of rotatable bonds is 33. The summed E-state index contributed by atoms with van der Waals surface area (Å²) in [6.07, 6.45) is 2.55. The van der Waals surface area contributed by atoms with E-state index in [1.54, 1.807) is 0 Å². The van der Waals surface area contributed by atoms with Gasteiger partial charge in [-0.1, -0.05) is 7.43 Å². The third-order valence-electron chi connectivity index (χ3n) is 7.74. The molecule has 0 aromatic carbocycles. The molecule has 0 saturated carbocycles. The van der Waals surface area contributed by atoms with Crippen molar-refractivity contribution in [2.75, 3.05) is 39.6 Å². The maximum absolute atomic E-state index is 7.48. The lowest BCUT2D eigenvalue weighted by atomic mass is 10.5. The van der Waals surface area contributed by atoms with Gasteiger partial charge in [0.25, 0.3) is 0 Å². The van der Waals surface area contributed by atoms with Crippen LogP contribution in [0.4, 0.5) is 0 Å². The van der Waals surface area contributed by atoms with Gasteiger partial charge in [-0.25, -0.2) is 0 Å². The van der Waals surface area contributed by atoms with Gasteiger partial charge in [0.1, 0.15) is 0 Å². The number of ether oxygens (including phenoxy) is 3. The van der Waals surface area contributed by atoms with E-state index >= 15 is 0 Å². The molecule has 12 nitrogen and oxygen atoms in total. The molecule has 22 heteroatoms. The minimum absolute atomic E-state index is 0. The van der Waals surface area contributed by atoms with Crippen LogP contribution >= 0.6 is 0 Å². The summed E-state index contributed by atoms with van der Waals surface area (Å²) in [5.41, 5.74) is 0. The van der Waals surface area contributed by atoms with Gasteiger partial charge in [0.2, 0.25) is 0 Å². The molecular formula is C35H94O12Si10. The van der Waals surface area contributed by atoms with Crippen LogP contribution in [-0.2, 0) is 51.2 Å². The van der Waals surface area contributed by atoms with E-state index < -0.39 is 85.1 Å². The second kappa shape index (κ2) is 25.2. The fourth-order valence-electron chi connectivity index (χ4n) is 7.58. The average Bonchev–Trinajstić information content (AvgIpc) is 2.90. The topological polar surface area (TPSA) is 111 Å². The molecule has 0 aromatic rings. The highest BCUT2D eigenvalue weighted by molar-refractivity contribution is 6.93. The number of hydrogen-bond donors (Lipinski definition) is 0. The van der Waals surface area contributed by atoms with Gasteiger partial charge in [-0.3, -0.25) is 0 Å². The van der Waals surface area contributed by atoms with Crippen LogP contribution in [0.25, 0.3) is 0 Å². The molecule has 0 fully saturated rings. The zero-order valence-electron chi connectivity index (χ0n) is 40.4. The van der Waals surface area contributed by atoms with E-state index in [-0.39, 0.29) is 7.43 Å². The molecule has 0 aliphatic heterocycles. The molecule has 0 saturated heterocycles. The van der Waals surface area contributed by atoms with Crippen molar-refractivity contribution in [3.8, 4) is 0 Å². The van der Waals surface area contributed by atoms with Crippen LogP contribution in [0.2, 0.25) is 143 Å². The summed E-state index contributed by atoms with van der Waals surface area (Å²) in [4.78, 5) is 0. The Bertz CT molecular complexity index is 1110. The summed E-state index contributed by atoms with van der Waals surface area (Å²) in [7, 11) is -25.6. The van der Waals surface area contributed by atoms with Crippen molar-refractivity contribution in [2.24, 2.45) is 0 Å². The highest BCUT2D eigenvalue weighted by Gasteiger charge is 2.53. The molecule has 0 aliphatic carbocycles. The van der Waals surface area contributed by atoms with Crippen molar-refractivity contribution >= 4 is 85.1 Å². The van der Waals surface area contributed by atoms with Crippen LogP contribution in [0.15, 0.2) is 0 Å². The molecule has 0 aliphatic rings. The molecule has 0 amide bonds. The van der Waals surface area contributed by atoms with E-state index in [4.69, 9.17) is 51.2 Å². The Kier molecular flexibility index (Phi) is 26.9. The van der Waals surface area contributed by atoms with Crippen molar-refractivity contribution in [3.63, 3.8) is 0 Å². The molecule has 0 aromatic heterocycles. The largest absolute Gasteiger partial charge is 0.437 e. The van der Waals surface area contributed by atoms with Crippen molar-refractivity contribution in [1.82, 2.24) is 0 Å². The van der Waals surface area contributed by atoms with Gasteiger partial charge < -0.3 is 51.2 Å². The highest BCUT2D eigenvalue weighted by Crippen LogP contribution is 2.35. The van der Waals surface area contributed by atoms with Gasteiger partial charge >= 0.3 is 68.5 Å². The number of hydrogen-bond acceptors (Lipinski definition) is 12. The van der Waals surface area contributed by atoms with Crippen LogP contribution in [0.1, 0.15) is 47.5 Å². The van der Waals surface area contributed by atoms with Crippen LogP contribution in [0.5, 0.6) is 0 Å². The van der Waals surface area contributed by atoms with Gasteiger partial charge in [-0.05, 0) is 183 Å². The lowest BCUT2D eigenvalue weighted by molar-refractivity contribution is 0.143. The molecule has 0 spiro atoms. The Labute approximate surface area is 364 Å². The lowest BCUT2D eigenvalue weighted by Crippen LogP contribution is -2.63. The molecule has 0 N–H and O–H groups in total. The van der Waals surface area contributed by atoms with E-state index in [0.717, 1.165) is 37.4 Å². The Balaban J connectivity index is 0. The molecule has 3 atom stereocenters. The maximum atomic E-state index is 7.48. The van der Waals surface area contributed by atoms with Gasteiger partial charge in [0.05, 0.1) is 0 Å². The third kappa shape index (κ3) is 30.4. The van der Waals surface area contributed by atoms with Gasteiger partial charge in [-0.2, -0.15) is 0 Å². The van der Waals surface area contributed by atoms with Crippen molar-refractivity contribution in [3.05, 3.63) is 0 Å². The van der Waals surface area contributed by atoms with Crippen molar-refractivity contribution < 1.29 is 51.2 Å². The molecule has 346 valence electrons. The molecule has 0 bridgehead atoms. The van der Waals surface area contributed by atoms with Gasteiger partial charge in [0.15, 0.2) is 16.6 Å². The normalized spacial score (nSPS) is 17.2. The Morgan fingerprint density at radius 1 is 0.281 bits per heavy atom. The summed E-state index contributed by atoms with van der Waals surface area (Å²) in [5, 5.41) is 0. The van der Waals surface area contributed by atoms with Crippen molar-refractivity contribution in [1.29, 1.82) is 0 Å². The smallest absolute Gasteiger partial charge is 0.317 e. The molecule has 3 unspecified atom stereocenters. The Hall–Kier alpha value is 1.69. The fraction of sp³-hybridized carbons (Fsp3) is 1.00. The Morgan fingerprint density at radius 3 is 0.772 bits per heavy atom. The molecule has 0 heterocycles. The van der Waals surface area contributed by atoms with E-state index in [1.807, 2.05) is 20.8 Å². The first-order valence-corrected chi connectivity index (χ1v) is 49.6. The minimum atomic E-state index is -2.95. The fourth-order valence-corrected chi connectivity index (χ4v) is 58.2. The molecule has 0 rings (SSSR count). The minimum Gasteiger partial charge on any atom is -0.437 e. The van der Waals surface area contributed by atoms with Gasteiger partial charge in [0, 0.05) is 39.6 Å². The van der Waals surface area contributed by atoms with E-state index in [9.17, 15) is 0 Å². The van der Waals surface area contributed by atoms with Crippen LogP contribution < -0.4 is 0 Å². The predicted octanol–water partition coefficient (Wildman–Crippen LogP) is 11.4. The predicted molar refractivity (Wildman–Crippen MR) is 263 cm³/mol. The lowest BCUT2D eigenvalue weighted by Gasteiger charge is -2.46. The standard InChI is InChI=1S/C34H90O12Si10.CH4/c1-23-35-29-26-32-54(20,39-48(7,8)9)45-56(22,34-28-31-37-25-3)46-55(21,33-27-30-36-24-2)44-53(18,19)43-52(16,17)42-51(14,15)41-50(12,13)40-49(10,11)38-47(4,5)6;/h23-34H2,1-22H3;1H4. The maximum Gasteiger partial charge on any atom is 0.317 e. The summed E-state index contributed by atoms with van der Waals surface area (Å²) >= 11 is 0. The van der Waals surface area contributed by atoms with Crippen molar-refractivity contribution in [2.45, 2.75) is 190 Å². The molecular weight excluding hydrogens is 893 g/mol. The summed E-state index contributed by atoms with van der Waals surface area (Å²) in [6, 6.07) is 2.38. The van der Waals surface area contributed by atoms with E-state index in [2.05, 4.69) is 124 Å². The van der Waals surface area contributed by atoms with Crippen LogP contribution in [-0.4, -0.2) is 125 Å². The zero-order chi connectivity index (χ0) is 44.0. The third-order valence-corrected chi connectivity index (χ3v) is 46.4. The highest BCUT2D eigenvalue weighted by atomic mass is 28.5. The van der Waals surface area contributed by atoms with Crippen LogP contribution in [0, 0.1) is 0 Å². The second-order valence-corrected chi connectivity index (χ2v) is 57.5. The quantitative estimate of drug-likeness (QED) is 0.0461. The Morgan fingerprint density at radius 2 is 0.509 bits per heavy atom. The summed E-state index contributed by atoms with van der Waals surface area (Å²) in [6.45, 7) is 51.1. The monoisotopic (exact) mass is 986 g/mol. The molecule has 0 radical (unpaired) electrons. The zero-order valence-corrected chi connectivity index (χ0v) is 50.4. The SMILES string of the molecule is C.CCOCCC[Si](C)(O[Si](C)(C)C)O[Si](C)(CCCOCC)O[Si](C)(CCCOCC)O[Si](C)(C)O[Si](C)(C)O[Si](C)(C)O[Si](C)(C)O[Si](C)(C)O[Si](C)(C)C.